The van der Waals surface area contributed by atoms with Crippen molar-refractivity contribution >= 4 is 0 Å². The zero-order valence-electron chi connectivity index (χ0n) is 19.2. The standard InChI is InChI=1S/C28H27FN4O/c1-34-25-8-4-19-12-15-32(17-22(19)16-25)18-24-7-9-26-31-27(20-2-5-23(29)6-3-20)28(33(24)26)21-10-13-30-14-11-21/h2-6,8,10-11,13-14,16,24H,7,9,12,15,17-18H2,1H3/t24-/m0/s1. The zero-order valence-corrected chi connectivity index (χ0v) is 19.2. The Bertz CT molecular complexity index is 1320. The summed E-state index contributed by atoms with van der Waals surface area (Å²) in [6, 6.07) is 17.5. The molecule has 6 heteroatoms. The van der Waals surface area contributed by atoms with Crippen LogP contribution in [0.5, 0.6) is 5.75 Å². The Hall–Kier alpha value is -3.51. The van der Waals surface area contributed by atoms with Crippen LogP contribution in [0.1, 0.15) is 29.4 Å². The molecule has 2 aromatic carbocycles. The lowest BCUT2D eigenvalue weighted by molar-refractivity contribution is 0.217. The molecule has 0 saturated heterocycles. The molecule has 5 nitrogen and oxygen atoms in total. The van der Waals surface area contributed by atoms with Crippen LogP contribution in [0.2, 0.25) is 0 Å². The minimum absolute atomic E-state index is 0.235. The number of nitrogens with zero attached hydrogens (tertiary/aromatic N) is 4. The first-order chi connectivity index (χ1) is 16.7. The van der Waals surface area contributed by atoms with E-state index in [0.29, 0.717) is 6.04 Å². The number of hydrogen-bond donors (Lipinski definition) is 0. The van der Waals surface area contributed by atoms with Gasteiger partial charge < -0.3 is 9.30 Å². The second-order valence-electron chi connectivity index (χ2n) is 9.15. The molecule has 0 amide bonds. The quantitative estimate of drug-likeness (QED) is 0.410. The van der Waals surface area contributed by atoms with Crippen LogP contribution in [-0.4, -0.2) is 39.6 Å². The molecule has 4 aromatic rings. The summed E-state index contributed by atoms with van der Waals surface area (Å²) < 4.78 is 21.5. The Labute approximate surface area is 198 Å². The first-order valence-corrected chi connectivity index (χ1v) is 11.8. The summed E-state index contributed by atoms with van der Waals surface area (Å²) in [4.78, 5) is 11.8. The fourth-order valence-corrected chi connectivity index (χ4v) is 5.41. The number of halogens is 1. The van der Waals surface area contributed by atoms with Gasteiger partial charge in [-0.1, -0.05) is 6.07 Å². The summed E-state index contributed by atoms with van der Waals surface area (Å²) in [6.07, 6.45) is 6.72. The molecule has 172 valence electrons. The van der Waals surface area contributed by atoms with Gasteiger partial charge in [-0.05, 0) is 72.5 Å². The van der Waals surface area contributed by atoms with E-state index in [1.165, 1.54) is 23.3 Å². The fraction of sp³-hybridized carbons (Fsp3) is 0.286. The Morgan fingerprint density at radius 3 is 2.59 bits per heavy atom. The van der Waals surface area contributed by atoms with Crippen LogP contribution < -0.4 is 4.74 Å². The van der Waals surface area contributed by atoms with E-state index in [1.807, 2.05) is 36.7 Å². The molecule has 34 heavy (non-hydrogen) atoms. The van der Waals surface area contributed by atoms with E-state index in [9.17, 15) is 4.39 Å². The van der Waals surface area contributed by atoms with Crippen LogP contribution >= 0.6 is 0 Å². The van der Waals surface area contributed by atoms with Crippen LogP contribution in [-0.2, 0) is 19.4 Å². The van der Waals surface area contributed by atoms with Gasteiger partial charge >= 0.3 is 0 Å². The fourth-order valence-electron chi connectivity index (χ4n) is 5.41. The molecule has 2 aliphatic rings. The van der Waals surface area contributed by atoms with Gasteiger partial charge in [0.15, 0.2) is 0 Å². The normalized spacial score (nSPS) is 17.4. The number of methoxy groups -OCH3 is 1. The minimum atomic E-state index is -0.235. The highest BCUT2D eigenvalue weighted by atomic mass is 19.1. The van der Waals surface area contributed by atoms with Gasteiger partial charge in [0.2, 0.25) is 0 Å². The van der Waals surface area contributed by atoms with Crippen molar-refractivity contribution in [3.05, 3.63) is 89.8 Å². The third kappa shape index (κ3) is 3.78. The van der Waals surface area contributed by atoms with Crippen molar-refractivity contribution in [2.75, 3.05) is 20.2 Å². The van der Waals surface area contributed by atoms with Gasteiger partial charge in [0.25, 0.3) is 0 Å². The van der Waals surface area contributed by atoms with Crippen molar-refractivity contribution in [1.82, 2.24) is 19.4 Å². The lowest BCUT2D eigenvalue weighted by Gasteiger charge is -2.32. The Morgan fingerprint density at radius 2 is 1.79 bits per heavy atom. The predicted octanol–water partition coefficient (Wildman–Crippen LogP) is 5.31. The van der Waals surface area contributed by atoms with Gasteiger partial charge in [0.1, 0.15) is 17.4 Å². The summed E-state index contributed by atoms with van der Waals surface area (Å²) in [7, 11) is 1.72. The summed E-state index contributed by atoms with van der Waals surface area (Å²) in [5.41, 5.74) is 6.82. The lowest BCUT2D eigenvalue weighted by Crippen LogP contribution is -2.34. The van der Waals surface area contributed by atoms with Crippen molar-refractivity contribution in [3.63, 3.8) is 0 Å². The highest BCUT2D eigenvalue weighted by Crippen LogP contribution is 2.40. The number of benzene rings is 2. The molecule has 2 aromatic heterocycles. The number of rotatable bonds is 5. The third-order valence-electron chi connectivity index (χ3n) is 7.10. The van der Waals surface area contributed by atoms with E-state index in [1.54, 1.807) is 7.11 Å². The van der Waals surface area contributed by atoms with E-state index in [2.05, 4.69) is 32.7 Å². The van der Waals surface area contributed by atoms with Gasteiger partial charge in [-0.25, -0.2) is 9.37 Å². The molecule has 1 atom stereocenters. The van der Waals surface area contributed by atoms with Crippen LogP contribution in [0.15, 0.2) is 67.0 Å². The number of fused-ring (bicyclic) bond motifs is 2. The number of hydrogen-bond acceptors (Lipinski definition) is 4. The van der Waals surface area contributed by atoms with Crippen LogP contribution in [0.3, 0.4) is 0 Å². The van der Waals surface area contributed by atoms with Gasteiger partial charge in [-0.3, -0.25) is 9.88 Å². The summed E-state index contributed by atoms with van der Waals surface area (Å²) in [6.45, 7) is 2.96. The van der Waals surface area contributed by atoms with Crippen molar-refractivity contribution in [2.45, 2.75) is 31.8 Å². The molecular weight excluding hydrogens is 427 g/mol. The number of aromatic nitrogens is 3. The van der Waals surface area contributed by atoms with Crippen molar-refractivity contribution in [1.29, 1.82) is 0 Å². The van der Waals surface area contributed by atoms with E-state index in [-0.39, 0.29) is 5.82 Å². The molecule has 4 heterocycles. The third-order valence-corrected chi connectivity index (χ3v) is 7.10. The summed E-state index contributed by atoms with van der Waals surface area (Å²) >= 11 is 0. The summed E-state index contributed by atoms with van der Waals surface area (Å²) in [5.74, 6) is 1.79. The number of imidazole rings is 1. The Morgan fingerprint density at radius 1 is 0.971 bits per heavy atom. The number of aryl methyl sites for hydroxylation is 1. The first-order valence-electron chi connectivity index (χ1n) is 11.8. The molecule has 0 aliphatic carbocycles. The topological polar surface area (TPSA) is 43.2 Å². The van der Waals surface area contributed by atoms with E-state index in [4.69, 9.17) is 9.72 Å². The molecule has 0 fully saturated rings. The van der Waals surface area contributed by atoms with Crippen LogP contribution in [0.4, 0.5) is 4.39 Å². The zero-order chi connectivity index (χ0) is 23.1. The van der Waals surface area contributed by atoms with E-state index in [0.717, 1.165) is 73.0 Å². The number of ether oxygens (including phenoxy) is 1. The second-order valence-corrected chi connectivity index (χ2v) is 9.15. The van der Waals surface area contributed by atoms with Gasteiger partial charge in [-0.2, -0.15) is 0 Å². The maximum Gasteiger partial charge on any atom is 0.123 e. The minimum Gasteiger partial charge on any atom is -0.497 e. The largest absolute Gasteiger partial charge is 0.497 e. The molecule has 0 spiro atoms. The van der Waals surface area contributed by atoms with Crippen LogP contribution in [0.25, 0.3) is 22.5 Å². The highest BCUT2D eigenvalue weighted by molar-refractivity contribution is 5.79. The maximum atomic E-state index is 13.6. The molecule has 0 N–H and O–H groups in total. The molecule has 0 radical (unpaired) electrons. The van der Waals surface area contributed by atoms with Gasteiger partial charge in [-0.15, -0.1) is 0 Å². The number of pyridine rings is 1. The van der Waals surface area contributed by atoms with Crippen molar-refractivity contribution in [3.8, 4) is 28.3 Å². The average molecular weight is 455 g/mol. The second kappa shape index (κ2) is 8.69. The Balaban J connectivity index is 1.35. The van der Waals surface area contributed by atoms with Crippen LogP contribution in [0, 0.1) is 5.82 Å². The molecule has 0 unspecified atom stereocenters. The predicted molar refractivity (Wildman–Crippen MR) is 130 cm³/mol. The maximum absolute atomic E-state index is 13.6. The molecule has 0 saturated carbocycles. The SMILES string of the molecule is COc1ccc2c(c1)CN(C[C@@H]1CCc3nc(-c4ccc(F)cc4)c(-c4ccncc4)n31)CC2. The molecule has 0 bridgehead atoms. The smallest absolute Gasteiger partial charge is 0.123 e. The Kier molecular flexibility index (Phi) is 5.38. The monoisotopic (exact) mass is 454 g/mol. The van der Waals surface area contributed by atoms with Gasteiger partial charge in [0.05, 0.1) is 18.5 Å². The molecular formula is C28H27FN4O. The molecule has 2 aliphatic heterocycles. The van der Waals surface area contributed by atoms with Crippen molar-refractivity contribution < 1.29 is 9.13 Å². The lowest BCUT2D eigenvalue weighted by atomic mass is 9.98. The highest BCUT2D eigenvalue weighted by Gasteiger charge is 2.32. The molecule has 6 rings (SSSR count). The van der Waals surface area contributed by atoms with Gasteiger partial charge in [0, 0.05) is 55.6 Å². The average Bonchev–Trinajstić information content (AvgIpc) is 3.44. The summed E-state index contributed by atoms with van der Waals surface area (Å²) in [5, 5.41) is 0. The first kappa shape index (κ1) is 21.1. The van der Waals surface area contributed by atoms with Crippen molar-refractivity contribution in [2.24, 2.45) is 0 Å². The van der Waals surface area contributed by atoms with E-state index < -0.39 is 0 Å². The van der Waals surface area contributed by atoms with E-state index >= 15 is 0 Å².